The molecule has 0 bridgehead atoms. The normalized spacial score (nSPS) is 21.4. The topological polar surface area (TPSA) is 186 Å². The first-order chi connectivity index (χ1) is 24.5. The highest BCUT2D eigenvalue weighted by Gasteiger charge is 2.46. The standard InChI is InChI=1S/C38H72O12S/c1-3-5-7-9-11-12-13-14-15-16-17-18-19-21-22-24-26-33(39)47-28-31(49-34(40)27-25-23-20-10-8-6-4-2)29-48-38-37(43)36(42)35(41)32(50-38)30-51(44,45)46/h31-32,35-38,41-43H,3-30H2,1-2H3,(H,44,45,46)/t31-,32-,35-,36?,37?,38+/m1/s1. The van der Waals surface area contributed by atoms with Crippen molar-refractivity contribution in [2.24, 2.45) is 0 Å². The van der Waals surface area contributed by atoms with Crippen molar-refractivity contribution >= 4 is 22.1 Å². The third-order valence-electron chi connectivity index (χ3n) is 9.44. The first-order valence-electron chi connectivity index (χ1n) is 20.1. The zero-order chi connectivity index (χ0) is 37.7. The van der Waals surface area contributed by atoms with E-state index in [-0.39, 0.29) is 19.4 Å². The molecule has 6 atom stereocenters. The maximum Gasteiger partial charge on any atom is 0.306 e. The Morgan fingerprint density at radius 1 is 0.588 bits per heavy atom. The third kappa shape index (κ3) is 25.3. The highest BCUT2D eigenvalue weighted by atomic mass is 32.2. The van der Waals surface area contributed by atoms with Crippen molar-refractivity contribution in [3.8, 4) is 0 Å². The fourth-order valence-corrected chi connectivity index (χ4v) is 6.96. The Balaban J connectivity index is 2.42. The molecule has 1 saturated heterocycles. The average molecular weight is 753 g/mol. The number of aliphatic hydroxyl groups excluding tert-OH is 3. The Labute approximate surface area is 308 Å². The molecule has 0 radical (unpaired) electrons. The van der Waals surface area contributed by atoms with Crippen molar-refractivity contribution < 1.29 is 56.8 Å². The molecule has 1 fully saturated rings. The quantitative estimate of drug-likeness (QED) is 0.0308. The zero-order valence-electron chi connectivity index (χ0n) is 31.7. The Bertz CT molecular complexity index is 978. The van der Waals surface area contributed by atoms with E-state index in [4.69, 9.17) is 18.9 Å². The van der Waals surface area contributed by atoms with E-state index in [1.807, 2.05) is 0 Å². The smallest absolute Gasteiger partial charge is 0.306 e. The van der Waals surface area contributed by atoms with Gasteiger partial charge < -0.3 is 34.3 Å². The lowest BCUT2D eigenvalue weighted by Gasteiger charge is -2.40. The second-order valence-corrected chi connectivity index (χ2v) is 15.8. The van der Waals surface area contributed by atoms with Gasteiger partial charge in [0.05, 0.1) is 6.61 Å². The number of ether oxygens (including phenoxy) is 4. The summed E-state index contributed by atoms with van der Waals surface area (Å²) in [5.41, 5.74) is 0. The van der Waals surface area contributed by atoms with Crippen LogP contribution < -0.4 is 0 Å². The SMILES string of the molecule is CCCCCCCCCCCCCCCCCCC(=O)OC[C@H](CO[C@H]1O[C@H](CS(=O)(=O)O)[C@@H](O)C(O)C1O)OC(=O)CCCCCCCCC. The largest absolute Gasteiger partial charge is 0.462 e. The summed E-state index contributed by atoms with van der Waals surface area (Å²) < 4.78 is 53.7. The number of esters is 2. The lowest BCUT2D eigenvalue weighted by atomic mass is 10.00. The van der Waals surface area contributed by atoms with Crippen LogP contribution in [0.3, 0.4) is 0 Å². The van der Waals surface area contributed by atoms with Gasteiger partial charge in [-0.15, -0.1) is 0 Å². The van der Waals surface area contributed by atoms with E-state index in [1.165, 1.54) is 83.5 Å². The average Bonchev–Trinajstić information content (AvgIpc) is 3.09. The van der Waals surface area contributed by atoms with Crippen LogP contribution in [0.5, 0.6) is 0 Å². The van der Waals surface area contributed by atoms with Crippen LogP contribution in [-0.2, 0) is 38.7 Å². The summed E-state index contributed by atoms with van der Waals surface area (Å²) in [6.45, 7) is 3.69. The summed E-state index contributed by atoms with van der Waals surface area (Å²) >= 11 is 0. The van der Waals surface area contributed by atoms with E-state index in [2.05, 4.69) is 13.8 Å². The van der Waals surface area contributed by atoms with Crippen molar-refractivity contribution in [3.05, 3.63) is 0 Å². The Morgan fingerprint density at radius 3 is 1.43 bits per heavy atom. The molecule has 2 unspecified atom stereocenters. The molecular formula is C38H72O12S. The highest BCUT2D eigenvalue weighted by Crippen LogP contribution is 2.24. The summed E-state index contributed by atoms with van der Waals surface area (Å²) in [4.78, 5) is 25.1. The number of rotatable bonds is 33. The van der Waals surface area contributed by atoms with Crippen molar-refractivity contribution in [2.75, 3.05) is 19.0 Å². The van der Waals surface area contributed by atoms with Crippen molar-refractivity contribution in [1.29, 1.82) is 0 Å². The summed E-state index contributed by atoms with van der Waals surface area (Å²) in [6.07, 6.45) is 17.6. The van der Waals surface area contributed by atoms with E-state index >= 15 is 0 Å². The van der Waals surface area contributed by atoms with Crippen LogP contribution in [0, 0.1) is 0 Å². The molecule has 4 N–H and O–H groups in total. The van der Waals surface area contributed by atoms with Crippen molar-refractivity contribution in [2.45, 2.75) is 211 Å². The molecule has 13 heteroatoms. The minimum Gasteiger partial charge on any atom is -0.462 e. The predicted octanol–water partition coefficient (Wildman–Crippen LogP) is 6.95. The van der Waals surface area contributed by atoms with E-state index in [0.29, 0.717) is 12.8 Å². The molecule has 0 aliphatic carbocycles. The fourth-order valence-electron chi connectivity index (χ4n) is 6.26. The second kappa shape index (κ2) is 30.0. The van der Waals surface area contributed by atoms with Crippen LogP contribution in [0.1, 0.15) is 174 Å². The van der Waals surface area contributed by atoms with E-state index in [9.17, 15) is 37.9 Å². The first kappa shape index (κ1) is 47.7. The maximum absolute atomic E-state index is 12.6. The van der Waals surface area contributed by atoms with Crippen LogP contribution >= 0.6 is 0 Å². The first-order valence-corrected chi connectivity index (χ1v) is 21.7. The number of carbonyl (C=O) groups excluding carboxylic acids is 2. The molecule has 0 amide bonds. The van der Waals surface area contributed by atoms with Gasteiger partial charge in [0.1, 0.15) is 36.8 Å². The fraction of sp³-hybridized carbons (Fsp3) is 0.947. The summed E-state index contributed by atoms with van der Waals surface area (Å²) in [5, 5.41) is 30.7. The van der Waals surface area contributed by atoms with Gasteiger partial charge in [-0.3, -0.25) is 14.1 Å². The Kier molecular flexibility index (Phi) is 28.1. The highest BCUT2D eigenvalue weighted by molar-refractivity contribution is 7.85. The Hall–Kier alpha value is -1.35. The molecule has 0 spiro atoms. The van der Waals surface area contributed by atoms with Gasteiger partial charge in [-0.05, 0) is 12.8 Å². The van der Waals surface area contributed by atoms with Crippen molar-refractivity contribution in [1.82, 2.24) is 0 Å². The lowest BCUT2D eigenvalue weighted by Crippen LogP contribution is -2.60. The van der Waals surface area contributed by atoms with Gasteiger partial charge in [0.25, 0.3) is 10.1 Å². The van der Waals surface area contributed by atoms with Gasteiger partial charge in [0, 0.05) is 12.8 Å². The summed E-state index contributed by atoms with van der Waals surface area (Å²) in [7, 11) is -4.59. The van der Waals surface area contributed by atoms with Crippen molar-refractivity contribution in [3.63, 3.8) is 0 Å². The second-order valence-electron chi connectivity index (χ2n) is 14.3. The molecule has 1 aliphatic heterocycles. The predicted molar refractivity (Wildman–Crippen MR) is 197 cm³/mol. The van der Waals surface area contributed by atoms with Gasteiger partial charge in [-0.25, -0.2) is 0 Å². The van der Waals surface area contributed by atoms with Crippen LogP contribution in [0.4, 0.5) is 0 Å². The maximum atomic E-state index is 12.6. The van der Waals surface area contributed by atoms with Gasteiger partial charge in [0.15, 0.2) is 12.4 Å². The van der Waals surface area contributed by atoms with E-state index < -0.39 is 71.2 Å². The minimum absolute atomic E-state index is 0.168. The molecule has 1 rings (SSSR count). The molecule has 0 aromatic carbocycles. The Morgan fingerprint density at radius 2 is 1.00 bits per heavy atom. The number of carbonyl (C=O) groups is 2. The molecule has 0 saturated carbocycles. The van der Waals surface area contributed by atoms with Gasteiger partial charge in [-0.1, -0.05) is 149 Å². The number of hydrogen-bond donors (Lipinski definition) is 4. The minimum atomic E-state index is -4.59. The third-order valence-corrected chi connectivity index (χ3v) is 10.2. The summed E-state index contributed by atoms with van der Waals surface area (Å²) in [6, 6.07) is 0. The molecule has 12 nitrogen and oxygen atoms in total. The molecule has 0 aromatic rings. The molecular weight excluding hydrogens is 680 g/mol. The van der Waals surface area contributed by atoms with Crippen LogP contribution in [0.25, 0.3) is 0 Å². The molecule has 51 heavy (non-hydrogen) atoms. The number of hydrogen-bond acceptors (Lipinski definition) is 11. The van der Waals surface area contributed by atoms with Gasteiger partial charge in [0.2, 0.25) is 0 Å². The van der Waals surface area contributed by atoms with Gasteiger partial charge >= 0.3 is 11.9 Å². The van der Waals surface area contributed by atoms with Crippen LogP contribution in [0.15, 0.2) is 0 Å². The zero-order valence-corrected chi connectivity index (χ0v) is 32.5. The van der Waals surface area contributed by atoms with E-state index in [1.54, 1.807) is 0 Å². The monoisotopic (exact) mass is 752 g/mol. The number of aliphatic hydroxyl groups is 3. The molecule has 302 valence electrons. The van der Waals surface area contributed by atoms with Crippen LogP contribution in [0.2, 0.25) is 0 Å². The number of unbranched alkanes of at least 4 members (excludes halogenated alkanes) is 21. The van der Waals surface area contributed by atoms with Crippen LogP contribution in [-0.4, -0.2) is 96.0 Å². The lowest BCUT2D eigenvalue weighted by molar-refractivity contribution is -0.297. The molecule has 1 aliphatic rings. The molecule has 0 aromatic heterocycles. The van der Waals surface area contributed by atoms with E-state index in [0.717, 1.165) is 51.4 Å². The molecule has 1 heterocycles. The summed E-state index contributed by atoms with van der Waals surface area (Å²) in [5.74, 6) is -1.98. The van der Waals surface area contributed by atoms with Gasteiger partial charge in [-0.2, -0.15) is 8.42 Å².